The maximum Gasteiger partial charge on any atom is 0.303 e. The standard InChI is InChI=1S/C14H17N3O3/c1-10-4-3-7-17-12(18)8-11(16-14(10)17)9-15-6-2-5-13(19)20/h3-4,7-8,15H,2,5-6,9H2,1H3,(H,19,20). The van der Waals surface area contributed by atoms with Crippen molar-refractivity contribution in [3.8, 4) is 0 Å². The van der Waals surface area contributed by atoms with Crippen molar-refractivity contribution in [2.45, 2.75) is 26.3 Å². The molecule has 6 nitrogen and oxygen atoms in total. The van der Waals surface area contributed by atoms with Crippen molar-refractivity contribution in [3.05, 3.63) is 46.0 Å². The van der Waals surface area contributed by atoms with Gasteiger partial charge >= 0.3 is 5.97 Å². The van der Waals surface area contributed by atoms with Crippen molar-refractivity contribution >= 4 is 11.6 Å². The van der Waals surface area contributed by atoms with E-state index in [0.29, 0.717) is 30.9 Å². The van der Waals surface area contributed by atoms with Gasteiger partial charge in [0.15, 0.2) is 0 Å². The third-order valence-corrected chi connectivity index (χ3v) is 2.99. The Morgan fingerprint density at radius 1 is 1.50 bits per heavy atom. The van der Waals surface area contributed by atoms with E-state index >= 15 is 0 Å². The van der Waals surface area contributed by atoms with Crippen LogP contribution >= 0.6 is 0 Å². The van der Waals surface area contributed by atoms with E-state index in [0.717, 1.165) is 5.56 Å². The van der Waals surface area contributed by atoms with Crippen LogP contribution in [0.15, 0.2) is 29.2 Å². The Kier molecular flexibility index (Phi) is 4.47. The number of aryl methyl sites for hydroxylation is 1. The highest BCUT2D eigenvalue weighted by Crippen LogP contribution is 2.05. The molecule has 2 N–H and O–H groups in total. The summed E-state index contributed by atoms with van der Waals surface area (Å²) in [7, 11) is 0. The van der Waals surface area contributed by atoms with Gasteiger partial charge in [-0.3, -0.25) is 14.0 Å². The fourth-order valence-electron chi connectivity index (χ4n) is 1.98. The largest absolute Gasteiger partial charge is 0.481 e. The molecule has 0 aliphatic rings. The van der Waals surface area contributed by atoms with Crippen molar-refractivity contribution in [1.82, 2.24) is 14.7 Å². The van der Waals surface area contributed by atoms with Crippen molar-refractivity contribution in [2.75, 3.05) is 6.54 Å². The predicted octanol–water partition coefficient (Wildman–Crippen LogP) is 0.957. The average Bonchev–Trinajstić information content (AvgIpc) is 2.39. The van der Waals surface area contributed by atoms with E-state index in [-0.39, 0.29) is 12.0 Å². The van der Waals surface area contributed by atoms with E-state index in [1.807, 2.05) is 19.1 Å². The second kappa shape index (κ2) is 6.29. The molecule has 20 heavy (non-hydrogen) atoms. The van der Waals surface area contributed by atoms with Gasteiger partial charge in [-0.25, -0.2) is 4.98 Å². The molecule has 0 radical (unpaired) electrons. The minimum atomic E-state index is -0.801. The molecule has 0 saturated carbocycles. The molecule has 0 bridgehead atoms. The molecule has 0 saturated heterocycles. The van der Waals surface area contributed by atoms with Crippen LogP contribution in [0.5, 0.6) is 0 Å². The molecular formula is C14H17N3O3. The van der Waals surface area contributed by atoms with Crippen LogP contribution in [0.3, 0.4) is 0 Å². The van der Waals surface area contributed by atoms with Gasteiger partial charge in [-0.05, 0) is 31.5 Å². The molecule has 2 aromatic rings. The topological polar surface area (TPSA) is 83.7 Å². The zero-order valence-electron chi connectivity index (χ0n) is 11.3. The number of hydrogen-bond donors (Lipinski definition) is 2. The second-order valence-electron chi connectivity index (χ2n) is 4.64. The summed E-state index contributed by atoms with van der Waals surface area (Å²) in [6.07, 6.45) is 2.39. The Morgan fingerprint density at radius 2 is 2.30 bits per heavy atom. The van der Waals surface area contributed by atoms with Crippen LogP contribution in [0.4, 0.5) is 0 Å². The van der Waals surface area contributed by atoms with Gasteiger partial charge in [-0.1, -0.05) is 6.07 Å². The molecule has 0 atom stereocenters. The number of pyridine rings is 1. The van der Waals surface area contributed by atoms with Crippen molar-refractivity contribution in [3.63, 3.8) is 0 Å². The number of aliphatic carboxylic acids is 1. The molecule has 0 aliphatic heterocycles. The summed E-state index contributed by atoms with van der Waals surface area (Å²) in [4.78, 5) is 26.8. The van der Waals surface area contributed by atoms with Gasteiger partial charge in [-0.15, -0.1) is 0 Å². The SMILES string of the molecule is Cc1cccn2c(=O)cc(CNCCCC(=O)O)nc12. The second-order valence-corrected chi connectivity index (χ2v) is 4.64. The Labute approximate surface area is 116 Å². The molecule has 6 heteroatoms. The van der Waals surface area contributed by atoms with Crippen LogP contribution in [0.2, 0.25) is 0 Å². The third kappa shape index (κ3) is 3.42. The van der Waals surface area contributed by atoms with Crippen LogP contribution in [-0.2, 0) is 11.3 Å². The highest BCUT2D eigenvalue weighted by molar-refractivity contribution is 5.66. The number of nitrogens with zero attached hydrogens (tertiary/aromatic N) is 2. The lowest BCUT2D eigenvalue weighted by atomic mass is 10.2. The molecule has 0 spiro atoms. The zero-order chi connectivity index (χ0) is 14.5. The van der Waals surface area contributed by atoms with Crippen LogP contribution < -0.4 is 10.9 Å². The van der Waals surface area contributed by atoms with E-state index in [4.69, 9.17) is 5.11 Å². The van der Waals surface area contributed by atoms with Crippen molar-refractivity contribution < 1.29 is 9.90 Å². The van der Waals surface area contributed by atoms with Crippen LogP contribution in [0.1, 0.15) is 24.1 Å². The number of rotatable bonds is 6. The molecular weight excluding hydrogens is 258 g/mol. The van der Waals surface area contributed by atoms with E-state index in [1.165, 1.54) is 10.5 Å². The summed E-state index contributed by atoms with van der Waals surface area (Å²) in [5.41, 5.74) is 2.15. The van der Waals surface area contributed by atoms with Gasteiger partial charge in [0, 0.05) is 25.2 Å². The first kappa shape index (κ1) is 14.2. The molecule has 2 rings (SSSR count). The fourth-order valence-corrected chi connectivity index (χ4v) is 1.98. The molecule has 2 heterocycles. The maximum atomic E-state index is 11.9. The number of carboxylic acid groups (broad SMARTS) is 1. The van der Waals surface area contributed by atoms with Gasteiger partial charge in [0.1, 0.15) is 5.65 Å². The van der Waals surface area contributed by atoms with Gasteiger partial charge in [0.2, 0.25) is 0 Å². The normalized spacial score (nSPS) is 10.8. The number of aromatic nitrogens is 2. The van der Waals surface area contributed by atoms with Gasteiger partial charge in [-0.2, -0.15) is 0 Å². The number of carboxylic acids is 1. The summed E-state index contributed by atoms with van der Waals surface area (Å²) in [6, 6.07) is 5.22. The molecule has 0 unspecified atom stereocenters. The van der Waals surface area contributed by atoms with E-state index in [2.05, 4.69) is 10.3 Å². The summed E-state index contributed by atoms with van der Waals surface area (Å²) < 4.78 is 1.52. The first-order valence-electron chi connectivity index (χ1n) is 6.48. The molecule has 0 fully saturated rings. The fraction of sp³-hybridized carbons (Fsp3) is 0.357. The smallest absolute Gasteiger partial charge is 0.303 e. The van der Waals surface area contributed by atoms with Crippen LogP contribution in [-0.4, -0.2) is 27.0 Å². The third-order valence-electron chi connectivity index (χ3n) is 2.99. The molecule has 2 aromatic heterocycles. The van der Waals surface area contributed by atoms with Crippen LogP contribution in [0.25, 0.3) is 5.65 Å². The predicted molar refractivity (Wildman–Crippen MR) is 74.8 cm³/mol. The summed E-state index contributed by atoms with van der Waals surface area (Å²) >= 11 is 0. The number of hydrogen-bond acceptors (Lipinski definition) is 4. The summed E-state index contributed by atoms with van der Waals surface area (Å²) in [5.74, 6) is -0.801. The summed E-state index contributed by atoms with van der Waals surface area (Å²) in [5, 5.41) is 11.6. The van der Waals surface area contributed by atoms with Gasteiger partial charge in [0.25, 0.3) is 5.56 Å². The number of nitrogens with one attached hydrogen (secondary N) is 1. The first-order valence-corrected chi connectivity index (χ1v) is 6.48. The number of fused-ring (bicyclic) bond motifs is 1. The van der Waals surface area contributed by atoms with Crippen molar-refractivity contribution in [2.24, 2.45) is 0 Å². The van der Waals surface area contributed by atoms with E-state index in [1.54, 1.807) is 6.20 Å². The van der Waals surface area contributed by atoms with Gasteiger partial charge in [0.05, 0.1) is 5.69 Å². The highest BCUT2D eigenvalue weighted by atomic mass is 16.4. The number of carbonyl (C=O) groups is 1. The lowest BCUT2D eigenvalue weighted by Crippen LogP contribution is -2.21. The van der Waals surface area contributed by atoms with Crippen LogP contribution in [0, 0.1) is 6.92 Å². The quantitative estimate of drug-likeness (QED) is 0.767. The van der Waals surface area contributed by atoms with E-state index in [9.17, 15) is 9.59 Å². The monoisotopic (exact) mass is 275 g/mol. The minimum absolute atomic E-state index is 0.110. The Balaban J connectivity index is 2.06. The van der Waals surface area contributed by atoms with E-state index < -0.39 is 5.97 Å². The molecule has 0 aromatic carbocycles. The lowest BCUT2D eigenvalue weighted by molar-refractivity contribution is -0.137. The summed E-state index contributed by atoms with van der Waals surface area (Å²) in [6.45, 7) is 2.95. The molecule has 0 amide bonds. The molecule has 106 valence electrons. The van der Waals surface area contributed by atoms with Gasteiger partial charge < -0.3 is 10.4 Å². The zero-order valence-corrected chi connectivity index (χ0v) is 11.3. The Hall–Kier alpha value is -2.21. The van der Waals surface area contributed by atoms with Crippen molar-refractivity contribution in [1.29, 1.82) is 0 Å². The lowest BCUT2D eigenvalue weighted by Gasteiger charge is -2.07. The molecule has 0 aliphatic carbocycles. The maximum absolute atomic E-state index is 11.9. The first-order chi connectivity index (χ1) is 9.58. The highest BCUT2D eigenvalue weighted by Gasteiger charge is 2.04. The Morgan fingerprint density at radius 3 is 3.05 bits per heavy atom. The Bertz CT molecular complexity index is 679. The minimum Gasteiger partial charge on any atom is -0.481 e. The average molecular weight is 275 g/mol.